The van der Waals surface area contributed by atoms with E-state index < -0.39 is 0 Å². The molecule has 1 unspecified atom stereocenters. The normalized spacial score (nSPS) is 14.3. The molecular formula is C9H12. The third kappa shape index (κ3) is 4.90. The van der Waals surface area contributed by atoms with Crippen molar-refractivity contribution in [2.45, 2.75) is 13.8 Å². The number of allylic oxidation sites excluding steroid dienone is 4. The summed E-state index contributed by atoms with van der Waals surface area (Å²) in [6, 6.07) is 0. The molecule has 0 rings (SSSR count). The highest BCUT2D eigenvalue weighted by Crippen LogP contribution is 1.92. The molecule has 0 aromatic heterocycles. The lowest BCUT2D eigenvalue weighted by Gasteiger charge is -1.88. The van der Waals surface area contributed by atoms with Gasteiger partial charge in [0, 0.05) is 5.92 Å². The second kappa shape index (κ2) is 5.18. The largest absolute Gasteiger partial charge is 0.119 e. The maximum absolute atomic E-state index is 5.13. The molecule has 0 aromatic rings. The minimum Gasteiger partial charge on any atom is -0.119 e. The third-order valence-electron chi connectivity index (χ3n) is 0.966. The van der Waals surface area contributed by atoms with Crippen molar-refractivity contribution in [3.8, 4) is 12.3 Å². The van der Waals surface area contributed by atoms with Crippen LogP contribution < -0.4 is 0 Å². The van der Waals surface area contributed by atoms with Crippen molar-refractivity contribution >= 4 is 0 Å². The Bertz CT molecular complexity index is 144. The van der Waals surface area contributed by atoms with E-state index in [9.17, 15) is 0 Å². The third-order valence-corrected chi connectivity index (χ3v) is 0.966. The first-order chi connectivity index (χ1) is 4.31. The van der Waals surface area contributed by atoms with Gasteiger partial charge < -0.3 is 0 Å². The minimum absolute atomic E-state index is 0.251. The van der Waals surface area contributed by atoms with Gasteiger partial charge >= 0.3 is 0 Å². The van der Waals surface area contributed by atoms with Gasteiger partial charge in [-0.25, -0.2) is 0 Å². The molecule has 1 atom stereocenters. The molecule has 0 bridgehead atoms. The van der Waals surface area contributed by atoms with Gasteiger partial charge in [0.05, 0.1) is 0 Å². The average molecular weight is 120 g/mol. The Labute approximate surface area is 57.3 Å². The topological polar surface area (TPSA) is 0 Å². The first kappa shape index (κ1) is 8.04. The number of hydrogen-bond donors (Lipinski definition) is 0. The molecule has 0 aliphatic carbocycles. The molecule has 0 aliphatic heterocycles. The van der Waals surface area contributed by atoms with Crippen molar-refractivity contribution in [2.75, 3.05) is 0 Å². The van der Waals surface area contributed by atoms with Gasteiger partial charge in [-0.1, -0.05) is 30.2 Å². The lowest BCUT2D eigenvalue weighted by molar-refractivity contribution is 0.982. The van der Waals surface area contributed by atoms with E-state index in [1.54, 1.807) is 0 Å². The molecule has 0 saturated carbocycles. The first-order valence-corrected chi connectivity index (χ1v) is 3.07. The van der Waals surface area contributed by atoms with E-state index in [2.05, 4.69) is 5.92 Å². The van der Waals surface area contributed by atoms with Crippen LogP contribution in [-0.2, 0) is 0 Å². The van der Waals surface area contributed by atoms with Crippen molar-refractivity contribution in [1.29, 1.82) is 0 Å². The molecule has 0 N–H and O–H groups in total. The lowest BCUT2D eigenvalue weighted by Crippen LogP contribution is -1.78. The predicted molar refractivity (Wildman–Crippen MR) is 42.0 cm³/mol. The summed E-state index contributed by atoms with van der Waals surface area (Å²) in [6.07, 6.45) is 13.0. The quantitative estimate of drug-likeness (QED) is 0.387. The van der Waals surface area contributed by atoms with Crippen molar-refractivity contribution in [3.05, 3.63) is 24.3 Å². The van der Waals surface area contributed by atoms with E-state index in [1.165, 1.54) is 0 Å². The van der Waals surface area contributed by atoms with Gasteiger partial charge in [-0.05, 0) is 13.8 Å². The van der Waals surface area contributed by atoms with Crippen LogP contribution in [0.5, 0.6) is 0 Å². The van der Waals surface area contributed by atoms with Crippen molar-refractivity contribution in [3.63, 3.8) is 0 Å². The van der Waals surface area contributed by atoms with E-state index >= 15 is 0 Å². The highest BCUT2D eigenvalue weighted by Gasteiger charge is 1.82. The molecule has 0 nitrogen and oxygen atoms in total. The highest BCUT2D eigenvalue weighted by molar-refractivity contribution is 5.09. The minimum atomic E-state index is 0.251. The molecule has 9 heavy (non-hydrogen) atoms. The van der Waals surface area contributed by atoms with Gasteiger partial charge in [0.15, 0.2) is 0 Å². The van der Waals surface area contributed by atoms with Gasteiger partial charge in [-0.3, -0.25) is 0 Å². The second-order valence-electron chi connectivity index (χ2n) is 1.87. The Morgan fingerprint density at radius 3 is 2.56 bits per heavy atom. The van der Waals surface area contributed by atoms with Crippen molar-refractivity contribution in [1.82, 2.24) is 0 Å². The molecule has 0 heterocycles. The Morgan fingerprint density at radius 1 is 1.44 bits per heavy atom. The lowest BCUT2D eigenvalue weighted by atomic mass is 10.2. The van der Waals surface area contributed by atoms with Crippen LogP contribution in [-0.4, -0.2) is 0 Å². The maximum Gasteiger partial charge on any atom is 0.0354 e. The number of hydrogen-bond acceptors (Lipinski definition) is 0. The van der Waals surface area contributed by atoms with E-state index in [4.69, 9.17) is 6.42 Å². The first-order valence-electron chi connectivity index (χ1n) is 3.07. The van der Waals surface area contributed by atoms with E-state index in [0.29, 0.717) is 0 Å². The second-order valence-corrected chi connectivity index (χ2v) is 1.87. The van der Waals surface area contributed by atoms with Crippen LogP contribution in [0.1, 0.15) is 13.8 Å². The molecule has 0 heteroatoms. The Balaban J connectivity index is 3.60. The monoisotopic (exact) mass is 120 g/mol. The molecule has 0 amide bonds. The molecule has 0 fully saturated rings. The molecule has 0 aliphatic rings. The maximum atomic E-state index is 5.13. The zero-order chi connectivity index (χ0) is 7.11. The Hall–Kier alpha value is -0.960. The fourth-order valence-electron chi connectivity index (χ4n) is 0.397. The summed E-state index contributed by atoms with van der Waals surface area (Å²) in [6.45, 7) is 3.96. The molecule has 0 aromatic carbocycles. The van der Waals surface area contributed by atoms with Crippen LogP contribution in [0.2, 0.25) is 0 Å². The van der Waals surface area contributed by atoms with Gasteiger partial charge in [0.2, 0.25) is 0 Å². The number of rotatable bonds is 2. The fourth-order valence-corrected chi connectivity index (χ4v) is 0.397. The van der Waals surface area contributed by atoms with Crippen LogP contribution >= 0.6 is 0 Å². The predicted octanol–water partition coefficient (Wildman–Crippen LogP) is 2.39. The number of terminal acetylenes is 1. The Kier molecular flexibility index (Phi) is 4.63. The molecule has 0 saturated heterocycles. The summed E-state index contributed by atoms with van der Waals surface area (Å²) in [4.78, 5) is 0. The van der Waals surface area contributed by atoms with Crippen LogP contribution in [0.3, 0.4) is 0 Å². The summed E-state index contributed by atoms with van der Waals surface area (Å²) >= 11 is 0. The van der Waals surface area contributed by atoms with Crippen LogP contribution in [0.15, 0.2) is 24.3 Å². The molecular weight excluding hydrogens is 108 g/mol. The molecule has 0 spiro atoms. The summed E-state index contributed by atoms with van der Waals surface area (Å²) in [5.74, 6) is 2.85. The van der Waals surface area contributed by atoms with Gasteiger partial charge in [-0.2, -0.15) is 0 Å². The smallest absolute Gasteiger partial charge is 0.0354 e. The van der Waals surface area contributed by atoms with Crippen LogP contribution in [0.25, 0.3) is 0 Å². The summed E-state index contributed by atoms with van der Waals surface area (Å²) < 4.78 is 0. The van der Waals surface area contributed by atoms with Crippen LogP contribution in [0.4, 0.5) is 0 Å². The van der Waals surface area contributed by atoms with Gasteiger partial charge in [0.25, 0.3) is 0 Å². The zero-order valence-corrected chi connectivity index (χ0v) is 5.96. The summed E-state index contributed by atoms with van der Waals surface area (Å²) in [7, 11) is 0. The summed E-state index contributed by atoms with van der Waals surface area (Å²) in [5.41, 5.74) is 0. The Morgan fingerprint density at radius 2 is 2.11 bits per heavy atom. The standard InChI is InChI=1S/C9H12/c1-4-6-7-8-9(3)5-2/h2,4,6-9H,1,3H3/b6-4-,8-7-. The fraction of sp³-hybridized carbons (Fsp3) is 0.333. The van der Waals surface area contributed by atoms with Crippen molar-refractivity contribution in [2.24, 2.45) is 5.92 Å². The molecule has 48 valence electrons. The summed E-state index contributed by atoms with van der Waals surface area (Å²) in [5, 5.41) is 0. The van der Waals surface area contributed by atoms with E-state index in [-0.39, 0.29) is 5.92 Å². The van der Waals surface area contributed by atoms with Crippen molar-refractivity contribution < 1.29 is 0 Å². The van der Waals surface area contributed by atoms with E-state index in [1.807, 2.05) is 38.2 Å². The average Bonchev–Trinajstić information content (AvgIpc) is 1.89. The SMILES string of the molecule is C#CC(C)/C=C\C=C/C. The van der Waals surface area contributed by atoms with Crippen LogP contribution in [0, 0.1) is 18.3 Å². The van der Waals surface area contributed by atoms with Gasteiger partial charge in [0.1, 0.15) is 0 Å². The van der Waals surface area contributed by atoms with Gasteiger partial charge in [-0.15, -0.1) is 6.42 Å². The molecule has 0 radical (unpaired) electrons. The highest BCUT2D eigenvalue weighted by atomic mass is 13.9. The van der Waals surface area contributed by atoms with E-state index in [0.717, 1.165) is 0 Å². The zero-order valence-electron chi connectivity index (χ0n) is 5.96.